The molecule has 0 saturated carbocycles. The summed E-state index contributed by atoms with van der Waals surface area (Å²) in [6.07, 6.45) is -2.44. The Hall–Kier alpha value is -4.13. The number of ether oxygens (including phenoxy) is 1. The molecule has 4 rings (SSSR count). The van der Waals surface area contributed by atoms with Crippen LogP contribution in [0.3, 0.4) is 0 Å². The third kappa shape index (κ3) is 7.68. The molecule has 0 spiro atoms. The van der Waals surface area contributed by atoms with Gasteiger partial charge in [0.15, 0.2) is 12.0 Å². The predicted molar refractivity (Wildman–Crippen MR) is 134 cm³/mol. The fraction of sp³-hybridized carbons (Fsp3) is 0.360. The molecule has 1 aliphatic rings. The van der Waals surface area contributed by atoms with E-state index in [1.807, 2.05) is 12.1 Å². The second kappa shape index (κ2) is 12.4. The van der Waals surface area contributed by atoms with Crippen LogP contribution in [-0.2, 0) is 9.63 Å². The number of aromatic amines is 1. The number of carbonyl (C=O) groups excluding carboxylic acids is 1. The number of nitrogens with zero attached hydrogens (tertiary/aromatic N) is 2. The van der Waals surface area contributed by atoms with Crippen molar-refractivity contribution in [1.82, 2.24) is 21.0 Å². The molecular weight excluding hydrogens is 505 g/mol. The number of H-pyrrole nitrogens is 1. The highest BCUT2D eigenvalue weighted by molar-refractivity contribution is 5.90. The third-order valence-electron chi connectivity index (χ3n) is 5.70. The summed E-state index contributed by atoms with van der Waals surface area (Å²) in [6.45, 7) is 1.18. The largest absolute Gasteiger partial charge is 0.573 e. The van der Waals surface area contributed by atoms with Crippen LogP contribution in [0, 0.1) is 0 Å². The maximum absolute atomic E-state index is 12.3. The van der Waals surface area contributed by atoms with Crippen molar-refractivity contribution in [1.29, 1.82) is 0 Å². The van der Waals surface area contributed by atoms with Gasteiger partial charge in [-0.05, 0) is 43.0 Å². The van der Waals surface area contributed by atoms with E-state index < -0.39 is 12.5 Å². The second-order valence-electron chi connectivity index (χ2n) is 8.55. The number of carbonyl (C=O) groups is 1. The number of nitrogens with one attached hydrogen (secondary N) is 4. The molecule has 202 valence electrons. The minimum atomic E-state index is -4.75. The Morgan fingerprint density at radius 2 is 1.76 bits per heavy atom. The number of aliphatic imine (C=N–C) groups is 1. The molecule has 0 aliphatic carbocycles. The highest BCUT2D eigenvalue weighted by atomic mass is 19.4. The number of hydrogen-bond donors (Lipinski definition) is 4. The zero-order valence-corrected chi connectivity index (χ0v) is 20.3. The van der Waals surface area contributed by atoms with Crippen LogP contribution < -0.4 is 26.4 Å². The minimum Gasteiger partial charge on any atom is -0.406 e. The van der Waals surface area contributed by atoms with Gasteiger partial charge < -0.3 is 20.2 Å². The Labute approximate surface area is 215 Å². The first-order chi connectivity index (χ1) is 18.3. The second-order valence-corrected chi connectivity index (χ2v) is 8.55. The van der Waals surface area contributed by atoms with E-state index in [1.165, 1.54) is 24.3 Å². The zero-order valence-electron chi connectivity index (χ0n) is 20.3. The smallest absolute Gasteiger partial charge is 0.406 e. The summed E-state index contributed by atoms with van der Waals surface area (Å²) in [6, 6.07) is 12.6. The predicted octanol–water partition coefficient (Wildman–Crippen LogP) is 3.93. The summed E-state index contributed by atoms with van der Waals surface area (Å²) in [4.78, 5) is 33.6. The Bertz CT molecular complexity index is 1330. The van der Waals surface area contributed by atoms with Crippen molar-refractivity contribution in [3.63, 3.8) is 0 Å². The number of fused-ring (bicyclic) bond motifs is 1. The number of hydrogen-bond acceptors (Lipinski definition) is 8. The summed E-state index contributed by atoms with van der Waals surface area (Å²) in [7, 11) is 0. The Morgan fingerprint density at radius 3 is 2.53 bits per heavy atom. The van der Waals surface area contributed by atoms with E-state index in [0.29, 0.717) is 55.0 Å². The summed E-state index contributed by atoms with van der Waals surface area (Å²) in [5, 5.41) is 14.0. The molecule has 13 heteroatoms. The molecule has 1 unspecified atom stereocenters. The normalized spacial score (nSPS) is 15.1. The average molecular weight is 533 g/mol. The minimum absolute atomic E-state index is 0.0744. The number of aromatic nitrogens is 2. The molecule has 0 fully saturated rings. The lowest BCUT2D eigenvalue weighted by molar-refractivity contribution is -0.274. The number of anilines is 1. The van der Waals surface area contributed by atoms with Gasteiger partial charge in [0, 0.05) is 31.3 Å². The molecule has 3 aromatic rings. The molecule has 1 amide bonds. The van der Waals surface area contributed by atoms with Crippen LogP contribution in [-0.4, -0.2) is 41.5 Å². The van der Waals surface area contributed by atoms with Gasteiger partial charge in [-0.25, -0.2) is 10.1 Å². The SMILES string of the molecule is O=C(CCCC1=NC(c2ccc(OC(F)(F)F)cc2)NO1)NCCCCNc1n[nH]c(=O)c2ccccc12. The average Bonchev–Trinajstić information content (AvgIpc) is 3.36. The van der Waals surface area contributed by atoms with Gasteiger partial charge in [-0.3, -0.25) is 9.59 Å². The number of hydroxylamine groups is 1. The zero-order chi connectivity index (χ0) is 27.0. The van der Waals surface area contributed by atoms with Crippen molar-refractivity contribution in [2.75, 3.05) is 18.4 Å². The number of halogens is 3. The highest BCUT2D eigenvalue weighted by Gasteiger charge is 2.31. The van der Waals surface area contributed by atoms with Crippen molar-refractivity contribution in [2.45, 2.75) is 44.6 Å². The van der Waals surface area contributed by atoms with Crippen LogP contribution in [0.25, 0.3) is 10.8 Å². The van der Waals surface area contributed by atoms with Gasteiger partial charge in [-0.2, -0.15) is 5.10 Å². The molecule has 10 nitrogen and oxygen atoms in total. The van der Waals surface area contributed by atoms with Crippen molar-refractivity contribution >= 4 is 28.4 Å². The van der Waals surface area contributed by atoms with Crippen molar-refractivity contribution in [3.8, 4) is 5.75 Å². The van der Waals surface area contributed by atoms with Crippen molar-refractivity contribution in [2.24, 2.45) is 4.99 Å². The molecule has 2 aromatic carbocycles. The quantitative estimate of drug-likeness (QED) is 0.260. The van der Waals surface area contributed by atoms with E-state index in [1.54, 1.807) is 12.1 Å². The first kappa shape index (κ1) is 26.9. The first-order valence-corrected chi connectivity index (χ1v) is 12.1. The molecule has 1 aliphatic heterocycles. The molecular formula is C25H27F3N6O4. The Kier molecular flexibility index (Phi) is 8.79. The van der Waals surface area contributed by atoms with Gasteiger partial charge in [0.05, 0.1) is 5.39 Å². The monoisotopic (exact) mass is 532 g/mol. The molecule has 0 saturated heterocycles. The van der Waals surface area contributed by atoms with E-state index in [4.69, 9.17) is 4.84 Å². The maximum Gasteiger partial charge on any atom is 0.573 e. The van der Waals surface area contributed by atoms with Gasteiger partial charge in [0.25, 0.3) is 5.56 Å². The molecule has 0 radical (unpaired) electrons. The van der Waals surface area contributed by atoms with Crippen LogP contribution >= 0.6 is 0 Å². The molecule has 4 N–H and O–H groups in total. The molecule has 38 heavy (non-hydrogen) atoms. The van der Waals surface area contributed by atoms with Crippen LogP contribution in [0.4, 0.5) is 19.0 Å². The van der Waals surface area contributed by atoms with Gasteiger partial charge >= 0.3 is 6.36 Å². The van der Waals surface area contributed by atoms with Gasteiger partial charge in [-0.1, -0.05) is 30.3 Å². The molecule has 2 heterocycles. The fourth-order valence-electron chi connectivity index (χ4n) is 3.85. The van der Waals surface area contributed by atoms with Gasteiger partial charge in [0.1, 0.15) is 5.75 Å². The fourth-order valence-corrected chi connectivity index (χ4v) is 3.85. The highest BCUT2D eigenvalue weighted by Crippen LogP contribution is 2.26. The number of unbranched alkanes of at least 4 members (excludes halogenated alkanes) is 1. The number of rotatable bonds is 12. The third-order valence-corrected chi connectivity index (χ3v) is 5.70. The van der Waals surface area contributed by atoms with Gasteiger partial charge in [-0.15, -0.1) is 18.7 Å². The summed E-state index contributed by atoms with van der Waals surface area (Å²) in [5.41, 5.74) is 3.10. The van der Waals surface area contributed by atoms with E-state index in [9.17, 15) is 22.8 Å². The van der Waals surface area contributed by atoms with E-state index in [-0.39, 0.29) is 17.2 Å². The molecule has 1 aromatic heterocycles. The van der Waals surface area contributed by atoms with E-state index >= 15 is 0 Å². The van der Waals surface area contributed by atoms with Crippen molar-refractivity contribution in [3.05, 3.63) is 64.4 Å². The summed E-state index contributed by atoms with van der Waals surface area (Å²) < 4.78 is 40.7. The van der Waals surface area contributed by atoms with Crippen LogP contribution in [0.2, 0.25) is 0 Å². The van der Waals surface area contributed by atoms with Crippen LogP contribution in [0.15, 0.2) is 58.3 Å². The maximum atomic E-state index is 12.3. The van der Waals surface area contributed by atoms with Crippen LogP contribution in [0.1, 0.15) is 43.8 Å². The van der Waals surface area contributed by atoms with Crippen LogP contribution in [0.5, 0.6) is 5.75 Å². The van der Waals surface area contributed by atoms with Gasteiger partial charge in [0.2, 0.25) is 11.8 Å². The lowest BCUT2D eigenvalue weighted by Gasteiger charge is -2.10. The first-order valence-electron chi connectivity index (χ1n) is 12.1. The van der Waals surface area contributed by atoms with Crippen molar-refractivity contribution < 1.29 is 27.5 Å². The Balaban J connectivity index is 1.10. The Morgan fingerprint density at radius 1 is 1.03 bits per heavy atom. The molecule has 1 atom stereocenters. The van der Waals surface area contributed by atoms with E-state index in [0.717, 1.165) is 18.2 Å². The molecule has 0 bridgehead atoms. The number of alkyl halides is 3. The number of amides is 1. The lowest BCUT2D eigenvalue weighted by atomic mass is 10.2. The summed E-state index contributed by atoms with van der Waals surface area (Å²) in [5.74, 6) is 0.652. The standard InChI is InChI=1S/C25H27F3N6O4/c26-25(27,28)37-17-12-10-16(11-13-17)22-31-21(38-34-22)9-5-8-20(35)29-14-3-4-15-30-23-18-6-1-2-7-19(18)24(36)33-32-23/h1-2,6-7,10-13,22,34H,3-5,8-9,14-15H2,(H,29,35)(H,30,32)(H,33,36). The topological polar surface area (TPSA) is 130 Å². The lowest BCUT2D eigenvalue weighted by Crippen LogP contribution is -2.24. The number of benzene rings is 2. The van der Waals surface area contributed by atoms with E-state index in [2.05, 4.69) is 36.0 Å². The summed E-state index contributed by atoms with van der Waals surface area (Å²) >= 11 is 0.